The first kappa shape index (κ1) is 23.7. The minimum absolute atomic E-state index is 0. The van der Waals surface area contributed by atoms with E-state index in [0.29, 0.717) is 12.5 Å². The van der Waals surface area contributed by atoms with Crippen LogP contribution in [0.5, 0.6) is 0 Å². The molecule has 0 fully saturated rings. The third kappa shape index (κ3) is 7.65. The Kier molecular flexibility index (Phi) is 9.51. The molecule has 0 aliphatic carbocycles. The highest BCUT2D eigenvalue weighted by molar-refractivity contribution is 14.0. The van der Waals surface area contributed by atoms with Crippen molar-refractivity contribution in [1.29, 1.82) is 0 Å². The molecule has 4 nitrogen and oxygen atoms in total. The highest BCUT2D eigenvalue weighted by Crippen LogP contribution is 2.29. The second kappa shape index (κ2) is 10.8. The molecule has 150 valence electrons. The van der Waals surface area contributed by atoms with Crippen LogP contribution in [0.15, 0.2) is 34.6 Å². The minimum atomic E-state index is -4.31. The number of hydrogen-bond donors (Lipinski definition) is 1. The fourth-order valence-corrected chi connectivity index (χ4v) is 3.31. The van der Waals surface area contributed by atoms with Crippen molar-refractivity contribution in [3.8, 4) is 0 Å². The summed E-state index contributed by atoms with van der Waals surface area (Å²) < 4.78 is 37.9. The maximum Gasteiger partial charge on any atom is 0.416 e. The Balaban J connectivity index is 0.00000364. The lowest BCUT2D eigenvalue weighted by atomic mass is 10.1. The van der Waals surface area contributed by atoms with Gasteiger partial charge < -0.3 is 10.2 Å². The van der Waals surface area contributed by atoms with E-state index in [-0.39, 0.29) is 24.0 Å². The van der Waals surface area contributed by atoms with E-state index in [0.717, 1.165) is 47.8 Å². The van der Waals surface area contributed by atoms with Gasteiger partial charge in [0.2, 0.25) is 0 Å². The summed E-state index contributed by atoms with van der Waals surface area (Å²) in [5, 5.41) is 6.44. The quantitative estimate of drug-likeness (QED) is 0.264. The molecular weight excluding hydrogens is 488 g/mol. The van der Waals surface area contributed by atoms with E-state index in [9.17, 15) is 13.2 Å². The van der Waals surface area contributed by atoms with Gasteiger partial charge in [0.15, 0.2) is 5.96 Å². The van der Waals surface area contributed by atoms with Gasteiger partial charge in [0, 0.05) is 44.7 Å². The minimum Gasteiger partial charge on any atom is -0.356 e. The lowest BCUT2D eigenvalue weighted by Crippen LogP contribution is -2.39. The van der Waals surface area contributed by atoms with Crippen LogP contribution in [-0.4, -0.2) is 36.5 Å². The molecule has 0 bridgehead atoms. The molecule has 0 spiro atoms. The number of halogens is 4. The number of rotatable bonds is 6. The fourth-order valence-electron chi connectivity index (χ4n) is 2.49. The standard InChI is InChI=1S/C18H23F3N4S.HI/c1-13-12-26-16(24-13)5-4-10-23-17(22-2)25(3)11-14-6-8-15(9-7-14)18(19,20)21;/h6-9,12H,4-5,10-11H2,1-3H3,(H,22,23);1H. The highest BCUT2D eigenvalue weighted by Gasteiger charge is 2.29. The molecule has 1 heterocycles. The van der Waals surface area contributed by atoms with E-state index in [1.54, 1.807) is 18.4 Å². The number of guanidine groups is 1. The molecule has 1 N–H and O–H groups in total. The van der Waals surface area contributed by atoms with Crippen LogP contribution in [0.1, 0.15) is 28.2 Å². The van der Waals surface area contributed by atoms with Crippen molar-refractivity contribution in [1.82, 2.24) is 15.2 Å². The Morgan fingerprint density at radius 1 is 1.26 bits per heavy atom. The SMILES string of the molecule is CN=C(NCCCc1nc(C)cs1)N(C)Cc1ccc(C(F)(F)F)cc1.I. The van der Waals surface area contributed by atoms with E-state index in [1.807, 2.05) is 24.3 Å². The second-order valence-electron chi connectivity index (χ2n) is 6.01. The molecule has 1 aromatic carbocycles. The normalized spacial score (nSPS) is 11.9. The number of alkyl halides is 3. The van der Waals surface area contributed by atoms with Gasteiger partial charge in [-0.1, -0.05) is 12.1 Å². The summed E-state index contributed by atoms with van der Waals surface area (Å²) in [6.07, 6.45) is -2.47. The summed E-state index contributed by atoms with van der Waals surface area (Å²) in [5.74, 6) is 0.709. The zero-order valence-corrected chi connectivity index (χ0v) is 18.7. The van der Waals surface area contributed by atoms with Crippen molar-refractivity contribution < 1.29 is 13.2 Å². The van der Waals surface area contributed by atoms with Gasteiger partial charge >= 0.3 is 6.18 Å². The maximum atomic E-state index is 12.6. The van der Waals surface area contributed by atoms with Crippen molar-refractivity contribution in [3.05, 3.63) is 51.5 Å². The number of benzene rings is 1. The second-order valence-corrected chi connectivity index (χ2v) is 6.95. The van der Waals surface area contributed by atoms with Gasteiger partial charge in [0.05, 0.1) is 10.6 Å². The Labute approximate surface area is 178 Å². The topological polar surface area (TPSA) is 40.5 Å². The molecule has 0 aliphatic heterocycles. The predicted molar refractivity (Wildman–Crippen MR) is 115 cm³/mol. The van der Waals surface area contributed by atoms with Crippen molar-refractivity contribution in [2.75, 3.05) is 20.6 Å². The Morgan fingerprint density at radius 2 is 1.93 bits per heavy atom. The van der Waals surface area contributed by atoms with E-state index >= 15 is 0 Å². The third-order valence-corrected chi connectivity index (χ3v) is 4.82. The highest BCUT2D eigenvalue weighted by atomic mass is 127. The van der Waals surface area contributed by atoms with Crippen LogP contribution in [0.4, 0.5) is 13.2 Å². The summed E-state index contributed by atoms with van der Waals surface area (Å²) >= 11 is 1.67. The molecule has 0 radical (unpaired) electrons. The van der Waals surface area contributed by atoms with Crippen LogP contribution in [0, 0.1) is 6.92 Å². The van der Waals surface area contributed by atoms with Gasteiger partial charge in [-0.25, -0.2) is 4.98 Å². The molecule has 0 atom stereocenters. The molecule has 0 amide bonds. The van der Waals surface area contributed by atoms with Gasteiger partial charge in [-0.2, -0.15) is 13.2 Å². The van der Waals surface area contributed by atoms with Crippen LogP contribution in [-0.2, 0) is 19.1 Å². The van der Waals surface area contributed by atoms with Crippen molar-refractivity contribution in [3.63, 3.8) is 0 Å². The predicted octanol–water partition coefficient (Wildman–Crippen LogP) is 4.73. The zero-order chi connectivity index (χ0) is 19.2. The van der Waals surface area contributed by atoms with Crippen LogP contribution in [0.3, 0.4) is 0 Å². The molecule has 0 saturated heterocycles. The van der Waals surface area contributed by atoms with Crippen LogP contribution in [0.2, 0.25) is 0 Å². The Morgan fingerprint density at radius 3 is 2.44 bits per heavy atom. The lowest BCUT2D eigenvalue weighted by Gasteiger charge is -2.22. The van der Waals surface area contributed by atoms with Crippen molar-refractivity contribution >= 4 is 41.3 Å². The zero-order valence-electron chi connectivity index (χ0n) is 15.5. The number of hydrogen-bond acceptors (Lipinski definition) is 3. The van der Waals surface area contributed by atoms with Gasteiger partial charge in [-0.05, 0) is 31.0 Å². The average Bonchev–Trinajstić information content (AvgIpc) is 3.00. The smallest absolute Gasteiger partial charge is 0.356 e. The summed E-state index contributed by atoms with van der Waals surface area (Å²) in [6, 6.07) is 5.21. The molecule has 9 heteroatoms. The lowest BCUT2D eigenvalue weighted by molar-refractivity contribution is -0.137. The molecule has 0 saturated carbocycles. The molecule has 0 aliphatic rings. The van der Waals surface area contributed by atoms with E-state index in [1.165, 1.54) is 12.1 Å². The molecule has 1 aromatic heterocycles. The number of aliphatic imine (C=N–C) groups is 1. The number of thiazole rings is 1. The van der Waals surface area contributed by atoms with Gasteiger partial charge in [0.25, 0.3) is 0 Å². The van der Waals surface area contributed by atoms with E-state index in [4.69, 9.17) is 0 Å². The number of aryl methyl sites for hydroxylation is 2. The summed E-state index contributed by atoms with van der Waals surface area (Å²) in [4.78, 5) is 10.5. The first-order valence-corrected chi connectivity index (χ1v) is 9.16. The monoisotopic (exact) mass is 512 g/mol. The summed E-state index contributed by atoms with van der Waals surface area (Å²) in [7, 11) is 3.55. The molecular formula is C18H24F3IN4S. The van der Waals surface area contributed by atoms with Gasteiger partial charge in [-0.3, -0.25) is 4.99 Å². The Hall–Kier alpha value is -1.36. The third-order valence-electron chi connectivity index (χ3n) is 3.79. The molecule has 2 aromatic rings. The first-order chi connectivity index (χ1) is 12.3. The van der Waals surface area contributed by atoms with E-state index in [2.05, 4.69) is 15.3 Å². The first-order valence-electron chi connectivity index (χ1n) is 8.28. The van der Waals surface area contributed by atoms with Crippen LogP contribution in [0.25, 0.3) is 0 Å². The summed E-state index contributed by atoms with van der Waals surface area (Å²) in [5.41, 5.74) is 1.20. The Bertz CT molecular complexity index is 729. The maximum absolute atomic E-state index is 12.6. The summed E-state index contributed by atoms with van der Waals surface area (Å²) in [6.45, 7) is 3.21. The molecule has 0 unspecified atom stereocenters. The average molecular weight is 512 g/mol. The fraction of sp³-hybridized carbons (Fsp3) is 0.444. The van der Waals surface area contributed by atoms with Gasteiger partial charge in [-0.15, -0.1) is 35.3 Å². The molecule has 27 heavy (non-hydrogen) atoms. The van der Waals surface area contributed by atoms with Crippen molar-refractivity contribution in [2.24, 2.45) is 4.99 Å². The van der Waals surface area contributed by atoms with Crippen LogP contribution >= 0.6 is 35.3 Å². The van der Waals surface area contributed by atoms with Gasteiger partial charge in [0.1, 0.15) is 0 Å². The van der Waals surface area contributed by atoms with Crippen molar-refractivity contribution in [2.45, 2.75) is 32.5 Å². The number of nitrogens with one attached hydrogen (secondary N) is 1. The molecule has 2 rings (SSSR count). The largest absolute Gasteiger partial charge is 0.416 e. The van der Waals surface area contributed by atoms with E-state index < -0.39 is 11.7 Å². The number of aromatic nitrogens is 1. The van der Waals surface area contributed by atoms with Crippen LogP contribution < -0.4 is 5.32 Å². The number of nitrogens with zero attached hydrogens (tertiary/aromatic N) is 3.